The number of hydrogen-bond acceptors (Lipinski definition) is 3. The normalized spacial score (nSPS) is 11.2. The van der Waals surface area contributed by atoms with Crippen molar-refractivity contribution in [3.63, 3.8) is 0 Å². The minimum atomic E-state index is -3.75. The van der Waals surface area contributed by atoms with Gasteiger partial charge in [0.25, 0.3) is 5.91 Å². The molecule has 0 saturated heterocycles. The first-order chi connectivity index (χ1) is 13.9. The van der Waals surface area contributed by atoms with Crippen LogP contribution in [0.1, 0.15) is 21.5 Å². The van der Waals surface area contributed by atoms with Crippen LogP contribution < -0.4 is 10.0 Å². The fraction of sp³-hybridized carbons (Fsp3) is 0.136. The van der Waals surface area contributed by atoms with Crippen molar-refractivity contribution in [2.24, 2.45) is 0 Å². The standard InChI is InChI=1S/C22H21FN2O3S/c23-20-11-9-17(10-12-20)13-14-24-22(26)19-7-4-8-21(15-19)29(27,28)25-16-18-5-2-1-3-6-18/h1-12,15,25H,13-14,16H2,(H,24,26). The Hall–Kier alpha value is -3.03. The van der Waals surface area contributed by atoms with E-state index >= 15 is 0 Å². The molecule has 0 saturated carbocycles. The molecule has 3 aromatic carbocycles. The van der Waals surface area contributed by atoms with Gasteiger partial charge in [-0.25, -0.2) is 17.5 Å². The maximum Gasteiger partial charge on any atom is 0.251 e. The van der Waals surface area contributed by atoms with Crippen molar-refractivity contribution in [1.82, 2.24) is 10.0 Å². The number of rotatable bonds is 8. The molecule has 0 spiro atoms. The van der Waals surface area contributed by atoms with Crippen LogP contribution in [0.5, 0.6) is 0 Å². The third kappa shape index (κ3) is 5.97. The van der Waals surface area contributed by atoms with E-state index in [-0.39, 0.29) is 28.7 Å². The van der Waals surface area contributed by atoms with E-state index in [1.165, 1.54) is 30.3 Å². The summed E-state index contributed by atoms with van der Waals surface area (Å²) in [4.78, 5) is 12.4. The van der Waals surface area contributed by atoms with Crippen molar-refractivity contribution in [3.8, 4) is 0 Å². The molecule has 7 heteroatoms. The first-order valence-corrected chi connectivity index (χ1v) is 10.6. The molecular formula is C22H21FN2O3S. The Kier molecular flexibility index (Phi) is 6.74. The van der Waals surface area contributed by atoms with Crippen molar-refractivity contribution in [3.05, 3.63) is 101 Å². The molecule has 0 aliphatic heterocycles. The third-order valence-electron chi connectivity index (χ3n) is 4.33. The summed E-state index contributed by atoms with van der Waals surface area (Å²) in [5.41, 5.74) is 1.99. The van der Waals surface area contributed by atoms with Crippen molar-refractivity contribution < 1.29 is 17.6 Å². The van der Waals surface area contributed by atoms with Gasteiger partial charge >= 0.3 is 0 Å². The van der Waals surface area contributed by atoms with E-state index < -0.39 is 10.0 Å². The predicted octanol–water partition coefficient (Wildman–Crippen LogP) is 3.28. The minimum Gasteiger partial charge on any atom is -0.352 e. The van der Waals surface area contributed by atoms with Gasteiger partial charge in [-0.3, -0.25) is 4.79 Å². The summed E-state index contributed by atoms with van der Waals surface area (Å²) in [7, 11) is -3.75. The van der Waals surface area contributed by atoms with Crippen LogP contribution >= 0.6 is 0 Å². The van der Waals surface area contributed by atoms with Gasteiger partial charge in [-0.05, 0) is 47.9 Å². The largest absolute Gasteiger partial charge is 0.352 e. The summed E-state index contributed by atoms with van der Waals surface area (Å²) in [5.74, 6) is -0.677. The zero-order valence-electron chi connectivity index (χ0n) is 15.6. The molecule has 0 fully saturated rings. The van der Waals surface area contributed by atoms with E-state index in [2.05, 4.69) is 10.0 Å². The monoisotopic (exact) mass is 412 g/mol. The first-order valence-electron chi connectivity index (χ1n) is 9.10. The van der Waals surface area contributed by atoms with E-state index in [1.54, 1.807) is 18.2 Å². The van der Waals surface area contributed by atoms with Crippen LogP contribution in [0.15, 0.2) is 83.8 Å². The lowest BCUT2D eigenvalue weighted by molar-refractivity contribution is 0.0954. The first kappa shape index (κ1) is 20.7. The van der Waals surface area contributed by atoms with Crippen molar-refractivity contribution >= 4 is 15.9 Å². The van der Waals surface area contributed by atoms with Crippen LogP contribution in [-0.4, -0.2) is 20.9 Å². The van der Waals surface area contributed by atoms with Crippen LogP contribution in [0, 0.1) is 5.82 Å². The Labute approximate surface area is 169 Å². The Morgan fingerprint density at radius 3 is 2.31 bits per heavy atom. The van der Waals surface area contributed by atoms with E-state index in [1.807, 2.05) is 30.3 Å². The molecule has 1 amide bonds. The zero-order valence-corrected chi connectivity index (χ0v) is 16.5. The van der Waals surface area contributed by atoms with Crippen LogP contribution in [-0.2, 0) is 23.0 Å². The highest BCUT2D eigenvalue weighted by Crippen LogP contribution is 2.13. The maximum absolute atomic E-state index is 12.9. The second-order valence-electron chi connectivity index (χ2n) is 6.47. The number of amides is 1. The van der Waals surface area contributed by atoms with Crippen molar-refractivity contribution in [2.75, 3.05) is 6.54 Å². The summed E-state index contributed by atoms with van der Waals surface area (Å²) in [5, 5.41) is 2.75. The second kappa shape index (κ2) is 9.45. The molecule has 0 aliphatic rings. The number of nitrogens with one attached hydrogen (secondary N) is 2. The summed E-state index contributed by atoms with van der Waals surface area (Å²) in [6.07, 6.45) is 0.544. The molecule has 0 heterocycles. The Bertz CT molecular complexity index is 1070. The van der Waals surface area contributed by atoms with Gasteiger partial charge in [-0.15, -0.1) is 0 Å². The third-order valence-corrected chi connectivity index (χ3v) is 5.73. The Balaban J connectivity index is 1.60. The smallest absolute Gasteiger partial charge is 0.251 e. The number of halogens is 1. The number of benzene rings is 3. The van der Waals surface area contributed by atoms with Crippen LogP contribution in [0.25, 0.3) is 0 Å². The highest BCUT2D eigenvalue weighted by Gasteiger charge is 2.16. The molecule has 0 atom stereocenters. The number of hydrogen-bond donors (Lipinski definition) is 2. The van der Waals surface area contributed by atoms with Gasteiger partial charge in [-0.1, -0.05) is 48.5 Å². The van der Waals surface area contributed by atoms with Gasteiger partial charge in [0.15, 0.2) is 0 Å². The number of carbonyl (C=O) groups excluding carboxylic acids is 1. The second-order valence-corrected chi connectivity index (χ2v) is 8.24. The average Bonchev–Trinajstić information content (AvgIpc) is 2.74. The lowest BCUT2D eigenvalue weighted by Crippen LogP contribution is -2.27. The van der Waals surface area contributed by atoms with Gasteiger partial charge in [0.05, 0.1) is 4.90 Å². The number of carbonyl (C=O) groups is 1. The minimum absolute atomic E-state index is 0.0274. The average molecular weight is 412 g/mol. The fourth-order valence-corrected chi connectivity index (χ4v) is 3.80. The molecule has 2 N–H and O–H groups in total. The Morgan fingerprint density at radius 2 is 1.59 bits per heavy atom. The molecule has 0 aliphatic carbocycles. The van der Waals surface area contributed by atoms with E-state index in [4.69, 9.17) is 0 Å². The SMILES string of the molecule is O=C(NCCc1ccc(F)cc1)c1cccc(S(=O)(=O)NCc2ccccc2)c1. The van der Waals surface area contributed by atoms with Crippen molar-refractivity contribution in [1.29, 1.82) is 0 Å². The molecule has 5 nitrogen and oxygen atoms in total. The lowest BCUT2D eigenvalue weighted by atomic mass is 10.1. The predicted molar refractivity (Wildman–Crippen MR) is 109 cm³/mol. The topological polar surface area (TPSA) is 75.3 Å². The fourth-order valence-electron chi connectivity index (χ4n) is 2.74. The van der Waals surface area contributed by atoms with Crippen LogP contribution in [0.4, 0.5) is 4.39 Å². The zero-order chi connectivity index (χ0) is 20.7. The van der Waals surface area contributed by atoms with E-state index in [0.29, 0.717) is 13.0 Å². The molecule has 3 rings (SSSR count). The quantitative estimate of drug-likeness (QED) is 0.596. The highest BCUT2D eigenvalue weighted by atomic mass is 32.2. The maximum atomic E-state index is 12.9. The van der Waals surface area contributed by atoms with Gasteiger partial charge in [0, 0.05) is 18.7 Å². The van der Waals surface area contributed by atoms with Gasteiger partial charge in [0.1, 0.15) is 5.82 Å². The summed E-state index contributed by atoms with van der Waals surface area (Å²) in [6, 6.07) is 21.1. The highest BCUT2D eigenvalue weighted by molar-refractivity contribution is 7.89. The molecule has 3 aromatic rings. The van der Waals surface area contributed by atoms with E-state index in [0.717, 1.165) is 11.1 Å². The molecule has 150 valence electrons. The van der Waals surface area contributed by atoms with Gasteiger partial charge < -0.3 is 5.32 Å². The van der Waals surface area contributed by atoms with E-state index in [9.17, 15) is 17.6 Å². The Morgan fingerprint density at radius 1 is 0.862 bits per heavy atom. The van der Waals surface area contributed by atoms with Gasteiger partial charge in [-0.2, -0.15) is 0 Å². The molecule has 0 bridgehead atoms. The lowest BCUT2D eigenvalue weighted by Gasteiger charge is -2.09. The summed E-state index contributed by atoms with van der Waals surface area (Å²) in [6.45, 7) is 0.519. The number of sulfonamides is 1. The van der Waals surface area contributed by atoms with Crippen LogP contribution in [0.3, 0.4) is 0 Å². The molecule has 0 radical (unpaired) electrons. The molecule has 0 aromatic heterocycles. The molecular weight excluding hydrogens is 391 g/mol. The van der Waals surface area contributed by atoms with Gasteiger partial charge in [0.2, 0.25) is 10.0 Å². The van der Waals surface area contributed by atoms with Crippen LogP contribution in [0.2, 0.25) is 0 Å². The van der Waals surface area contributed by atoms with Crippen molar-refractivity contribution in [2.45, 2.75) is 17.9 Å². The summed E-state index contributed by atoms with van der Waals surface area (Å²) >= 11 is 0. The summed E-state index contributed by atoms with van der Waals surface area (Å²) < 4.78 is 40.5. The molecule has 0 unspecified atom stereocenters. The molecule has 29 heavy (non-hydrogen) atoms.